The smallest absolute Gasteiger partial charge is 0.108 e. The van der Waals surface area contributed by atoms with E-state index in [9.17, 15) is 0 Å². The van der Waals surface area contributed by atoms with E-state index in [-0.39, 0.29) is 5.88 Å². The third kappa shape index (κ3) is 5.77. The highest BCUT2D eigenvalue weighted by Crippen LogP contribution is 1.99. The molecule has 3 heteroatoms. The molecule has 1 rings (SSSR count). The third-order valence-electron chi connectivity index (χ3n) is 1.93. The van der Waals surface area contributed by atoms with Crippen LogP contribution < -0.4 is 0 Å². The molecule has 0 saturated heterocycles. The number of halogens is 1. The van der Waals surface area contributed by atoms with Crippen LogP contribution >= 0.6 is 11.6 Å². The Morgan fingerprint density at radius 3 is 2.69 bits per heavy atom. The first-order valence-electron chi connectivity index (χ1n) is 5.14. The Hall–Kier alpha value is -1.01. The first-order valence-corrected chi connectivity index (χ1v) is 5.68. The summed E-state index contributed by atoms with van der Waals surface area (Å²) in [6.07, 6.45) is -0.138. The average Bonchev–Trinajstić information content (AvgIpc) is 2.34. The van der Waals surface area contributed by atoms with Crippen molar-refractivity contribution in [2.45, 2.75) is 19.1 Å². The fourth-order valence-electron chi connectivity index (χ4n) is 1.09. The molecule has 2 nitrogen and oxygen atoms in total. The number of aliphatic hydroxyl groups excluding tert-OH is 1. The predicted octanol–water partition coefficient (Wildman–Crippen LogP) is 2.20. The second-order valence-corrected chi connectivity index (χ2v) is 3.65. The molecule has 0 aliphatic heterocycles. The molecule has 0 aliphatic carbocycles. The molecule has 16 heavy (non-hydrogen) atoms. The van der Waals surface area contributed by atoms with Crippen LogP contribution in [-0.2, 0) is 11.3 Å². The quantitative estimate of drug-likeness (QED) is 0.484. The van der Waals surface area contributed by atoms with Gasteiger partial charge < -0.3 is 9.84 Å². The standard InChI is InChI=1S/C13H15ClO2/c14-10-13(15)8-4-5-9-16-11-12-6-2-1-3-7-12/h1-3,6-7,13,15H,8-11H2. The highest BCUT2D eigenvalue weighted by Gasteiger charge is 1.96. The van der Waals surface area contributed by atoms with E-state index in [1.807, 2.05) is 30.3 Å². The van der Waals surface area contributed by atoms with Gasteiger partial charge in [-0.1, -0.05) is 42.2 Å². The van der Waals surface area contributed by atoms with E-state index in [0.717, 1.165) is 5.56 Å². The Labute approximate surface area is 101 Å². The molecule has 0 amide bonds. The number of hydrogen-bond donors (Lipinski definition) is 1. The number of alkyl halides is 1. The molecule has 1 aromatic carbocycles. The third-order valence-corrected chi connectivity index (χ3v) is 2.28. The van der Waals surface area contributed by atoms with Gasteiger partial charge in [-0.3, -0.25) is 0 Å². The number of ether oxygens (including phenoxy) is 1. The minimum Gasteiger partial charge on any atom is -0.391 e. The van der Waals surface area contributed by atoms with Crippen LogP contribution in [0, 0.1) is 11.8 Å². The van der Waals surface area contributed by atoms with Crippen LogP contribution in [-0.4, -0.2) is 23.7 Å². The number of aliphatic hydroxyl groups is 1. The second kappa shape index (κ2) is 8.18. The van der Waals surface area contributed by atoms with Gasteiger partial charge in [0.2, 0.25) is 0 Å². The summed E-state index contributed by atoms with van der Waals surface area (Å²) in [5, 5.41) is 9.12. The Bertz CT molecular complexity index is 340. The maximum atomic E-state index is 9.12. The van der Waals surface area contributed by atoms with Crippen molar-refractivity contribution in [2.75, 3.05) is 12.5 Å². The minimum absolute atomic E-state index is 0.222. The van der Waals surface area contributed by atoms with Crippen LogP contribution in [0.5, 0.6) is 0 Å². The first kappa shape index (κ1) is 13.1. The maximum absolute atomic E-state index is 9.12. The summed E-state index contributed by atoms with van der Waals surface area (Å²) in [5.74, 6) is 5.86. The van der Waals surface area contributed by atoms with Crippen molar-refractivity contribution < 1.29 is 9.84 Å². The molecule has 1 atom stereocenters. The Morgan fingerprint density at radius 2 is 2.00 bits per heavy atom. The summed E-state index contributed by atoms with van der Waals surface area (Å²) in [6.45, 7) is 0.942. The molecular formula is C13H15ClO2. The van der Waals surface area contributed by atoms with Gasteiger partial charge in [0.05, 0.1) is 12.7 Å². The van der Waals surface area contributed by atoms with Gasteiger partial charge in [-0.05, 0) is 5.56 Å². The van der Waals surface area contributed by atoms with Crippen molar-refractivity contribution in [1.29, 1.82) is 0 Å². The highest BCUT2D eigenvalue weighted by molar-refractivity contribution is 6.18. The van der Waals surface area contributed by atoms with Crippen molar-refractivity contribution in [3.05, 3.63) is 35.9 Å². The summed E-state index contributed by atoms with van der Waals surface area (Å²) in [6, 6.07) is 9.93. The molecule has 86 valence electrons. The van der Waals surface area contributed by atoms with E-state index in [0.29, 0.717) is 19.6 Å². The van der Waals surface area contributed by atoms with Crippen LogP contribution in [0.1, 0.15) is 12.0 Å². The van der Waals surface area contributed by atoms with Gasteiger partial charge in [-0.25, -0.2) is 0 Å². The van der Waals surface area contributed by atoms with E-state index in [1.54, 1.807) is 0 Å². The zero-order valence-electron chi connectivity index (χ0n) is 9.03. The first-order chi connectivity index (χ1) is 7.83. The lowest BCUT2D eigenvalue weighted by molar-refractivity contribution is 0.153. The van der Waals surface area contributed by atoms with Gasteiger partial charge in [0.15, 0.2) is 0 Å². The summed E-state index contributed by atoms with van der Waals surface area (Å²) in [4.78, 5) is 0. The summed E-state index contributed by atoms with van der Waals surface area (Å²) < 4.78 is 5.35. The summed E-state index contributed by atoms with van der Waals surface area (Å²) in [5.41, 5.74) is 1.13. The van der Waals surface area contributed by atoms with E-state index in [1.165, 1.54) is 0 Å². The monoisotopic (exact) mass is 238 g/mol. The molecule has 0 aromatic heterocycles. The minimum atomic E-state index is -0.539. The van der Waals surface area contributed by atoms with Crippen molar-refractivity contribution >= 4 is 11.6 Å². The predicted molar refractivity (Wildman–Crippen MR) is 65.2 cm³/mol. The van der Waals surface area contributed by atoms with E-state index in [2.05, 4.69) is 11.8 Å². The number of benzene rings is 1. The van der Waals surface area contributed by atoms with Crippen molar-refractivity contribution in [3.63, 3.8) is 0 Å². The lowest BCUT2D eigenvalue weighted by Gasteiger charge is -2.00. The number of hydrogen-bond acceptors (Lipinski definition) is 2. The van der Waals surface area contributed by atoms with Crippen LogP contribution in [0.3, 0.4) is 0 Å². The molecule has 1 unspecified atom stereocenters. The molecular weight excluding hydrogens is 224 g/mol. The van der Waals surface area contributed by atoms with Crippen molar-refractivity contribution in [1.82, 2.24) is 0 Å². The molecule has 0 saturated carbocycles. The van der Waals surface area contributed by atoms with Gasteiger partial charge >= 0.3 is 0 Å². The zero-order valence-corrected chi connectivity index (χ0v) is 9.78. The Kier molecular flexibility index (Phi) is 6.67. The summed E-state index contributed by atoms with van der Waals surface area (Å²) in [7, 11) is 0. The summed E-state index contributed by atoms with van der Waals surface area (Å²) >= 11 is 5.42. The van der Waals surface area contributed by atoms with Gasteiger partial charge in [-0.15, -0.1) is 11.6 Å². The van der Waals surface area contributed by atoms with E-state index >= 15 is 0 Å². The molecule has 0 fully saturated rings. The Morgan fingerprint density at radius 1 is 1.25 bits per heavy atom. The van der Waals surface area contributed by atoms with Gasteiger partial charge in [0, 0.05) is 12.3 Å². The largest absolute Gasteiger partial charge is 0.391 e. The Balaban J connectivity index is 2.12. The highest BCUT2D eigenvalue weighted by atomic mass is 35.5. The van der Waals surface area contributed by atoms with Gasteiger partial charge in [0.1, 0.15) is 6.61 Å². The topological polar surface area (TPSA) is 29.5 Å². The van der Waals surface area contributed by atoms with Crippen LogP contribution in [0.4, 0.5) is 0 Å². The fraction of sp³-hybridized carbons (Fsp3) is 0.385. The second-order valence-electron chi connectivity index (χ2n) is 3.34. The molecule has 0 bridgehead atoms. The maximum Gasteiger partial charge on any atom is 0.108 e. The zero-order chi connectivity index (χ0) is 11.6. The van der Waals surface area contributed by atoms with Crippen LogP contribution in [0.2, 0.25) is 0 Å². The molecule has 1 N–H and O–H groups in total. The van der Waals surface area contributed by atoms with Crippen molar-refractivity contribution in [2.24, 2.45) is 0 Å². The van der Waals surface area contributed by atoms with Crippen LogP contribution in [0.25, 0.3) is 0 Å². The molecule has 0 aliphatic rings. The van der Waals surface area contributed by atoms with Crippen molar-refractivity contribution in [3.8, 4) is 11.8 Å². The number of rotatable bonds is 5. The molecule has 1 aromatic rings. The van der Waals surface area contributed by atoms with Crippen LogP contribution in [0.15, 0.2) is 30.3 Å². The van der Waals surface area contributed by atoms with Gasteiger partial charge in [0.25, 0.3) is 0 Å². The molecule has 0 radical (unpaired) electrons. The van der Waals surface area contributed by atoms with Gasteiger partial charge in [-0.2, -0.15) is 0 Å². The lowest BCUT2D eigenvalue weighted by Crippen LogP contribution is -2.06. The lowest BCUT2D eigenvalue weighted by atomic mass is 10.2. The molecule has 0 spiro atoms. The normalized spacial score (nSPS) is 11.6. The van der Waals surface area contributed by atoms with E-state index < -0.39 is 6.10 Å². The fourth-order valence-corrected chi connectivity index (χ4v) is 1.20. The SMILES string of the molecule is OC(CCl)CC#CCOCc1ccccc1. The average molecular weight is 239 g/mol. The van der Waals surface area contributed by atoms with E-state index in [4.69, 9.17) is 21.4 Å². The molecule has 0 heterocycles.